The fourth-order valence-corrected chi connectivity index (χ4v) is 4.03. The second kappa shape index (κ2) is 6.73. The number of nitrogens with zero attached hydrogens (tertiary/aromatic N) is 1. The largest absolute Gasteiger partial charge is 0.481 e. The van der Waals surface area contributed by atoms with Crippen molar-refractivity contribution in [1.82, 2.24) is 4.90 Å². The van der Waals surface area contributed by atoms with Gasteiger partial charge < -0.3 is 10.0 Å². The molecule has 4 nitrogen and oxygen atoms in total. The van der Waals surface area contributed by atoms with Crippen molar-refractivity contribution in [2.24, 2.45) is 5.92 Å². The molecule has 1 aromatic carbocycles. The van der Waals surface area contributed by atoms with Gasteiger partial charge in [0.05, 0.1) is 5.41 Å². The molecule has 1 heterocycles. The number of hydrogen-bond donors (Lipinski definition) is 1. The van der Waals surface area contributed by atoms with Gasteiger partial charge in [-0.05, 0) is 43.6 Å². The number of carboxylic acids is 1. The van der Waals surface area contributed by atoms with Gasteiger partial charge >= 0.3 is 5.97 Å². The molecular formula is C19H25NO3. The first-order valence-electron chi connectivity index (χ1n) is 8.68. The maximum atomic E-state index is 13.2. The number of carbonyl (C=O) groups excluding carboxylic acids is 1. The Labute approximate surface area is 137 Å². The molecule has 1 saturated heterocycles. The van der Waals surface area contributed by atoms with E-state index in [-0.39, 0.29) is 17.7 Å². The molecule has 1 N–H and O–H groups in total. The van der Waals surface area contributed by atoms with Crippen molar-refractivity contribution in [2.75, 3.05) is 13.1 Å². The van der Waals surface area contributed by atoms with Crippen LogP contribution in [0.1, 0.15) is 50.5 Å². The van der Waals surface area contributed by atoms with E-state index in [9.17, 15) is 9.59 Å². The Balaban J connectivity index is 1.70. The van der Waals surface area contributed by atoms with Crippen LogP contribution in [0.3, 0.4) is 0 Å². The van der Waals surface area contributed by atoms with Gasteiger partial charge in [-0.15, -0.1) is 0 Å². The molecule has 4 heteroatoms. The molecule has 0 bridgehead atoms. The third-order valence-electron chi connectivity index (χ3n) is 5.52. The highest BCUT2D eigenvalue weighted by atomic mass is 16.4. The Bertz CT molecular complexity index is 565. The number of carboxylic acid groups (broad SMARTS) is 1. The van der Waals surface area contributed by atoms with E-state index in [0.29, 0.717) is 12.3 Å². The predicted octanol–water partition coefficient (Wildman–Crippen LogP) is 3.21. The van der Waals surface area contributed by atoms with Gasteiger partial charge in [0.25, 0.3) is 0 Å². The number of amides is 1. The molecule has 1 saturated carbocycles. The predicted molar refractivity (Wildman–Crippen MR) is 88.1 cm³/mol. The molecule has 0 unspecified atom stereocenters. The smallest absolute Gasteiger partial charge is 0.303 e. The highest BCUT2D eigenvalue weighted by Gasteiger charge is 2.48. The molecule has 1 aliphatic carbocycles. The van der Waals surface area contributed by atoms with Crippen LogP contribution in [0.2, 0.25) is 0 Å². The molecule has 124 valence electrons. The number of hydrogen-bond acceptors (Lipinski definition) is 2. The quantitative estimate of drug-likeness (QED) is 0.907. The van der Waals surface area contributed by atoms with Crippen LogP contribution in [0.5, 0.6) is 0 Å². The van der Waals surface area contributed by atoms with Crippen LogP contribution in [-0.2, 0) is 15.0 Å². The maximum absolute atomic E-state index is 13.2. The molecular weight excluding hydrogens is 290 g/mol. The van der Waals surface area contributed by atoms with Gasteiger partial charge in [0.1, 0.15) is 0 Å². The number of benzene rings is 1. The van der Waals surface area contributed by atoms with E-state index in [2.05, 4.69) is 12.1 Å². The first-order chi connectivity index (χ1) is 11.1. The van der Waals surface area contributed by atoms with Crippen molar-refractivity contribution in [3.63, 3.8) is 0 Å². The average molecular weight is 315 g/mol. The van der Waals surface area contributed by atoms with Crippen molar-refractivity contribution in [3.8, 4) is 0 Å². The van der Waals surface area contributed by atoms with Gasteiger partial charge in [-0.25, -0.2) is 0 Å². The molecule has 0 aromatic heterocycles. The minimum absolute atomic E-state index is 0.205. The lowest BCUT2D eigenvalue weighted by Crippen LogP contribution is -2.53. The van der Waals surface area contributed by atoms with Crippen LogP contribution in [0.15, 0.2) is 30.3 Å². The molecule has 23 heavy (non-hydrogen) atoms. The summed E-state index contributed by atoms with van der Waals surface area (Å²) in [5.74, 6) is -0.153. The lowest BCUT2D eigenvalue weighted by Gasteiger charge is -2.46. The van der Waals surface area contributed by atoms with Gasteiger partial charge in [-0.2, -0.15) is 0 Å². The minimum atomic E-state index is -0.742. The number of aliphatic carboxylic acids is 1. The summed E-state index contributed by atoms with van der Waals surface area (Å²) >= 11 is 0. The standard InChI is InChI=1S/C19H25NO3/c21-17(22)10-9-15-6-4-13-20(14-15)18(23)19(11-5-12-19)16-7-2-1-3-8-16/h1-3,7-8,15H,4-6,9-14H2,(H,21,22)/t15-/m0/s1. The third kappa shape index (κ3) is 3.26. The van der Waals surface area contributed by atoms with Crippen molar-refractivity contribution < 1.29 is 14.7 Å². The minimum Gasteiger partial charge on any atom is -0.481 e. The maximum Gasteiger partial charge on any atom is 0.303 e. The average Bonchev–Trinajstić information content (AvgIpc) is 2.53. The lowest BCUT2D eigenvalue weighted by molar-refractivity contribution is -0.143. The fourth-order valence-electron chi connectivity index (χ4n) is 4.03. The number of carbonyl (C=O) groups is 2. The van der Waals surface area contributed by atoms with Crippen LogP contribution >= 0.6 is 0 Å². The molecule has 3 rings (SSSR count). The number of likely N-dealkylation sites (tertiary alicyclic amines) is 1. The molecule has 1 amide bonds. The normalized spacial score (nSPS) is 23.1. The zero-order valence-electron chi connectivity index (χ0n) is 13.5. The first-order valence-corrected chi connectivity index (χ1v) is 8.68. The highest BCUT2D eigenvalue weighted by molar-refractivity contribution is 5.89. The molecule has 1 aromatic rings. The highest BCUT2D eigenvalue weighted by Crippen LogP contribution is 2.45. The second-order valence-corrected chi connectivity index (χ2v) is 6.99. The zero-order chi connectivity index (χ0) is 16.3. The van der Waals surface area contributed by atoms with Crippen LogP contribution in [0.25, 0.3) is 0 Å². The fraction of sp³-hybridized carbons (Fsp3) is 0.579. The first kappa shape index (κ1) is 16.0. The Kier molecular flexibility index (Phi) is 4.69. The van der Waals surface area contributed by atoms with E-state index in [1.165, 1.54) is 0 Å². The SMILES string of the molecule is O=C(O)CC[C@@H]1CCCN(C(=O)C2(c3ccccc3)CCC2)C1. The van der Waals surface area contributed by atoms with Gasteiger partial charge in [-0.1, -0.05) is 36.8 Å². The van der Waals surface area contributed by atoms with Gasteiger partial charge in [0.15, 0.2) is 0 Å². The summed E-state index contributed by atoms with van der Waals surface area (Å²) in [7, 11) is 0. The molecule has 1 aliphatic heterocycles. The van der Waals surface area contributed by atoms with E-state index in [0.717, 1.165) is 50.8 Å². The van der Waals surface area contributed by atoms with E-state index >= 15 is 0 Å². The van der Waals surface area contributed by atoms with Crippen LogP contribution in [0, 0.1) is 5.92 Å². The van der Waals surface area contributed by atoms with Crippen molar-refractivity contribution >= 4 is 11.9 Å². The van der Waals surface area contributed by atoms with Crippen molar-refractivity contribution in [1.29, 1.82) is 0 Å². The van der Waals surface area contributed by atoms with Crippen LogP contribution < -0.4 is 0 Å². The lowest BCUT2D eigenvalue weighted by atomic mass is 9.63. The Hall–Kier alpha value is -1.84. The van der Waals surface area contributed by atoms with Crippen LogP contribution in [0.4, 0.5) is 0 Å². The number of piperidine rings is 1. The molecule has 2 fully saturated rings. The third-order valence-corrected chi connectivity index (χ3v) is 5.52. The Morgan fingerprint density at radius 3 is 2.52 bits per heavy atom. The van der Waals surface area contributed by atoms with Gasteiger partial charge in [-0.3, -0.25) is 9.59 Å². The zero-order valence-corrected chi connectivity index (χ0v) is 13.5. The van der Waals surface area contributed by atoms with E-state index in [4.69, 9.17) is 5.11 Å². The summed E-state index contributed by atoms with van der Waals surface area (Å²) < 4.78 is 0. The second-order valence-electron chi connectivity index (χ2n) is 6.99. The van der Waals surface area contributed by atoms with E-state index < -0.39 is 5.97 Å². The monoisotopic (exact) mass is 315 g/mol. The Morgan fingerprint density at radius 2 is 1.91 bits per heavy atom. The van der Waals surface area contributed by atoms with E-state index in [1.54, 1.807) is 0 Å². The summed E-state index contributed by atoms with van der Waals surface area (Å²) in [6.07, 6.45) is 5.89. The summed E-state index contributed by atoms with van der Waals surface area (Å²) in [5, 5.41) is 8.86. The van der Waals surface area contributed by atoms with Crippen LogP contribution in [-0.4, -0.2) is 35.0 Å². The molecule has 2 aliphatic rings. The number of rotatable bonds is 5. The van der Waals surface area contributed by atoms with E-state index in [1.807, 2.05) is 23.1 Å². The van der Waals surface area contributed by atoms with Crippen molar-refractivity contribution in [2.45, 2.75) is 50.4 Å². The molecule has 0 spiro atoms. The summed E-state index contributed by atoms with van der Waals surface area (Å²) in [5.41, 5.74) is 0.819. The molecule has 1 atom stereocenters. The topological polar surface area (TPSA) is 57.6 Å². The van der Waals surface area contributed by atoms with Gasteiger partial charge in [0, 0.05) is 19.5 Å². The molecule has 0 radical (unpaired) electrons. The summed E-state index contributed by atoms with van der Waals surface area (Å²) in [6.45, 7) is 1.54. The summed E-state index contributed by atoms with van der Waals surface area (Å²) in [6, 6.07) is 10.2. The summed E-state index contributed by atoms with van der Waals surface area (Å²) in [4.78, 5) is 26.0. The van der Waals surface area contributed by atoms with Crippen molar-refractivity contribution in [3.05, 3.63) is 35.9 Å². The Morgan fingerprint density at radius 1 is 1.17 bits per heavy atom. The van der Waals surface area contributed by atoms with Gasteiger partial charge in [0.2, 0.25) is 5.91 Å².